The topological polar surface area (TPSA) is 9.23 Å². The zero-order valence-electron chi connectivity index (χ0n) is 12.3. The summed E-state index contributed by atoms with van der Waals surface area (Å²) in [5, 5.41) is 0. The van der Waals surface area contributed by atoms with Crippen molar-refractivity contribution in [1.82, 2.24) is 0 Å². The molecule has 2 rings (SSSR count). The normalized spacial score (nSPS) is 19.0. The molecule has 0 heterocycles. The molecule has 0 unspecified atom stereocenters. The number of benzene rings is 1. The largest absolute Gasteiger partial charge is 0.376 e. The van der Waals surface area contributed by atoms with Crippen molar-refractivity contribution in [3.8, 4) is 0 Å². The van der Waals surface area contributed by atoms with Crippen molar-refractivity contribution in [2.24, 2.45) is 11.8 Å². The maximum Gasteiger partial charge on any atom is 0.0717 e. The minimum Gasteiger partial charge on any atom is -0.376 e. The van der Waals surface area contributed by atoms with Gasteiger partial charge in [0.2, 0.25) is 0 Å². The Morgan fingerprint density at radius 2 is 1.74 bits per heavy atom. The molecule has 0 spiro atoms. The van der Waals surface area contributed by atoms with Crippen molar-refractivity contribution in [3.63, 3.8) is 0 Å². The van der Waals surface area contributed by atoms with Crippen molar-refractivity contribution in [2.45, 2.75) is 58.5 Å². The molecule has 1 aromatic carbocycles. The summed E-state index contributed by atoms with van der Waals surface area (Å²) in [5.41, 5.74) is 1.28. The van der Waals surface area contributed by atoms with Gasteiger partial charge in [0.05, 0.1) is 6.61 Å². The lowest BCUT2D eigenvalue weighted by Crippen LogP contribution is -2.11. The molecule has 0 saturated heterocycles. The predicted molar refractivity (Wildman–Crippen MR) is 81.1 cm³/mol. The van der Waals surface area contributed by atoms with Crippen molar-refractivity contribution >= 4 is 0 Å². The Morgan fingerprint density at radius 1 is 1.05 bits per heavy atom. The standard InChI is InChI=1S/C18H28O/c1-16(13-17-9-5-2-3-6-10-17)14-19-15-18-11-7-4-8-12-18/h4,7-8,11-12,16-17H,2-3,5-6,9-10,13-15H2,1H3/t16-/m0/s1. The molecule has 0 bridgehead atoms. The summed E-state index contributed by atoms with van der Waals surface area (Å²) in [7, 11) is 0. The third kappa shape index (κ3) is 5.78. The number of rotatable bonds is 6. The van der Waals surface area contributed by atoms with Crippen molar-refractivity contribution in [3.05, 3.63) is 35.9 Å². The first kappa shape index (κ1) is 14.6. The van der Waals surface area contributed by atoms with Crippen LogP contribution in [0.1, 0.15) is 57.4 Å². The fourth-order valence-corrected chi connectivity index (χ4v) is 3.19. The van der Waals surface area contributed by atoms with Crippen LogP contribution in [-0.4, -0.2) is 6.61 Å². The van der Waals surface area contributed by atoms with Gasteiger partial charge in [-0.2, -0.15) is 0 Å². The Balaban J connectivity index is 1.62. The molecule has 0 N–H and O–H groups in total. The molecular weight excluding hydrogens is 232 g/mol. The highest BCUT2D eigenvalue weighted by molar-refractivity contribution is 5.13. The first-order valence-electron chi connectivity index (χ1n) is 7.96. The minimum absolute atomic E-state index is 0.701. The van der Waals surface area contributed by atoms with E-state index in [-0.39, 0.29) is 0 Å². The lowest BCUT2D eigenvalue weighted by molar-refractivity contribution is 0.0829. The van der Waals surface area contributed by atoms with E-state index in [1.807, 2.05) is 0 Å². The molecule has 1 nitrogen and oxygen atoms in total. The Kier molecular flexibility index (Phi) is 6.43. The van der Waals surface area contributed by atoms with Gasteiger partial charge in [0.15, 0.2) is 0 Å². The summed E-state index contributed by atoms with van der Waals surface area (Å²) in [4.78, 5) is 0. The molecular formula is C18H28O. The third-order valence-electron chi connectivity index (χ3n) is 4.22. The maximum atomic E-state index is 5.85. The molecule has 106 valence electrons. The number of hydrogen-bond acceptors (Lipinski definition) is 1. The Morgan fingerprint density at radius 3 is 2.42 bits per heavy atom. The zero-order chi connectivity index (χ0) is 13.3. The van der Waals surface area contributed by atoms with Crippen molar-refractivity contribution < 1.29 is 4.74 Å². The molecule has 0 amide bonds. The second-order valence-electron chi connectivity index (χ2n) is 6.20. The monoisotopic (exact) mass is 260 g/mol. The van der Waals surface area contributed by atoms with Crippen LogP contribution in [0.4, 0.5) is 0 Å². The Labute approximate surface area is 118 Å². The van der Waals surface area contributed by atoms with E-state index in [9.17, 15) is 0 Å². The lowest BCUT2D eigenvalue weighted by atomic mass is 9.90. The van der Waals surface area contributed by atoms with Gasteiger partial charge in [-0.25, -0.2) is 0 Å². The van der Waals surface area contributed by atoms with Crippen LogP contribution in [0.15, 0.2) is 30.3 Å². The van der Waals surface area contributed by atoms with Gasteiger partial charge in [0.1, 0.15) is 0 Å². The molecule has 1 atom stereocenters. The highest BCUT2D eigenvalue weighted by Crippen LogP contribution is 2.28. The second-order valence-corrected chi connectivity index (χ2v) is 6.20. The van der Waals surface area contributed by atoms with E-state index in [0.29, 0.717) is 5.92 Å². The number of hydrogen-bond donors (Lipinski definition) is 0. The van der Waals surface area contributed by atoms with Crippen LogP contribution in [0.3, 0.4) is 0 Å². The zero-order valence-corrected chi connectivity index (χ0v) is 12.3. The van der Waals surface area contributed by atoms with Crippen LogP contribution in [-0.2, 0) is 11.3 Å². The van der Waals surface area contributed by atoms with E-state index in [2.05, 4.69) is 37.3 Å². The average molecular weight is 260 g/mol. The molecule has 0 aromatic heterocycles. The summed E-state index contributed by atoms with van der Waals surface area (Å²) in [5.74, 6) is 1.66. The van der Waals surface area contributed by atoms with E-state index in [1.165, 1.54) is 50.5 Å². The van der Waals surface area contributed by atoms with Gasteiger partial charge in [-0.15, -0.1) is 0 Å². The smallest absolute Gasteiger partial charge is 0.0717 e. The Bertz CT molecular complexity index is 325. The summed E-state index contributed by atoms with van der Waals surface area (Å²) in [6.07, 6.45) is 10.1. The van der Waals surface area contributed by atoms with E-state index in [4.69, 9.17) is 4.74 Å². The lowest BCUT2D eigenvalue weighted by Gasteiger charge is -2.19. The summed E-state index contributed by atoms with van der Waals surface area (Å²) < 4.78 is 5.85. The van der Waals surface area contributed by atoms with Crippen molar-refractivity contribution in [2.75, 3.05) is 6.61 Å². The van der Waals surface area contributed by atoms with Crippen LogP contribution in [0, 0.1) is 11.8 Å². The summed E-state index contributed by atoms with van der Waals surface area (Å²) in [6, 6.07) is 10.5. The first-order chi connectivity index (χ1) is 9.34. The highest BCUT2D eigenvalue weighted by Gasteiger charge is 2.15. The van der Waals surface area contributed by atoms with Crippen LogP contribution >= 0.6 is 0 Å². The van der Waals surface area contributed by atoms with Gasteiger partial charge in [0, 0.05) is 6.61 Å². The van der Waals surface area contributed by atoms with Gasteiger partial charge < -0.3 is 4.74 Å². The molecule has 1 saturated carbocycles. The van der Waals surface area contributed by atoms with E-state index < -0.39 is 0 Å². The molecule has 1 aliphatic rings. The quantitative estimate of drug-likeness (QED) is 0.639. The summed E-state index contributed by atoms with van der Waals surface area (Å²) >= 11 is 0. The highest BCUT2D eigenvalue weighted by atomic mass is 16.5. The van der Waals surface area contributed by atoms with Gasteiger partial charge in [-0.1, -0.05) is 75.8 Å². The van der Waals surface area contributed by atoms with E-state index in [0.717, 1.165) is 19.1 Å². The SMILES string of the molecule is C[C@H](COCc1ccccc1)CC1CCCCCC1. The van der Waals surface area contributed by atoms with Crippen LogP contribution < -0.4 is 0 Å². The first-order valence-corrected chi connectivity index (χ1v) is 7.96. The van der Waals surface area contributed by atoms with Gasteiger partial charge in [-0.05, 0) is 23.8 Å². The number of ether oxygens (including phenoxy) is 1. The van der Waals surface area contributed by atoms with Crippen molar-refractivity contribution in [1.29, 1.82) is 0 Å². The third-order valence-corrected chi connectivity index (χ3v) is 4.22. The maximum absolute atomic E-state index is 5.85. The van der Waals surface area contributed by atoms with Crippen LogP contribution in [0.5, 0.6) is 0 Å². The van der Waals surface area contributed by atoms with Gasteiger partial charge >= 0.3 is 0 Å². The molecule has 1 heteroatoms. The molecule has 0 aliphatic heterocycles. The summed E-state index contributed by atoms with van der Waals surface area (Å²) in [6.45, 7) is 4.01. The van der Waals surface area contributed by atoms with Gasteiger partial charge in [0.25, 0.3) is 0 Å². The van der Waals surface area contributed by atoms with E-state index in [1.54, 1.807) is 0 Å². The predicted octanol–water partition coefficient (Wildman–Crippen LogP) is 5.20. The second kappa shape index (κ2) is 8.37. The van der Waals surface area contributed by atoms with Crippen LogP contribution in [0.25, 0.3) is 0 Å². The Hall–Kier alpha value is -0.820. The fraction of sp³-hybridized carbons (Fsp3) is 0.667. The fourth-order valence-electron chi connectivity index (χ4n) is 3.19. The van der Waals surface area contributed by atoms with Gasteiger partial charge in [-0.3, -0.25) is 0 Å². The minimum atomic E-state index is 0.701. The van der Waals surface area contributed by atoms with Crippen LogP contribution in [0.2, 0.25) is 0 Å². The molecule has 1 fully saturated rings. The average Bonchev–Trinajstić information content (AvgIpc) is 2.68. The molecule has 19 heavy (non-hydrogen) atoms. The molecule has 0 radical (unpaired) electrons. The molecule has 1 aliphatic carbocycles. The van der Waals surface area contributed by atoms with E-state index >= 15 is 0 Å². The molecule has 1 aromatic rings.